The van der Waals surface area contributed by atoms with Gasteiger partial charge in [0.2, 0.25) is 0 Å². The minimum atomic E-state index is -4.58. The molecule has 3 N–H and O–H groups in total. The van der Waals surface area contributed by atoms with Crippen LogP contribution in [0.5, 0.6) is 0 Å². The largest absolute Gasteiger partial charge is 0.429 e. The first-order chi connectivity index (χ1) is 17.0. The van der Waals surface area contributed by atoms with E-state index in [0.29, 0.717) is 12.2 Å². The summed E-state index contributed by atoms with van der Waals surface area (Å²) in [7, 11) is 0. The van der Waals surface area contributed by atoms with Crippen molar-refractivity contribution < 1.29 is 22.0 Å². The van der Waals surface area contributed by atoms with Crippen molar-refractivity contribution in [2.75, 3.05) is 17.2 Å². The molecule has 0 atom stereocenters. The number of benzene rings is 2. The van der Waals surface area contributed by atoms with Gasteiger partial charge in [0.1, 0.15) is 29.0 Å². The highest BCUT2D eigenvalue weighted by Crippen LogP contribution is 2.32. The number of rotatable bonds is 9. The molecule has 0 unspecified atom stereocenters. The molecule has 0 saturated heterocycles. The van der Waals surface area contributed by atoms with Gasteiger partial charge in [0, 0.05) is 24.1 Å². The van der Waals surface area contributed by atoms with Crippen molar-refractivity contribution in [1.29, 1.82) is 0 Å². The van der Waals surface area contributed by atoms with Gasteiger partial charge in [-0.05, 0) is 58.0 Å². The van der Waals surface area contributed by atoms with Gasteiger partial charge in [0.05, 0.1) is 23.1 Å². The number of hydrogen-bond donors (Lipinski definition) is 3. The van der Waals surface area contributed by atoms with Gasteiger partial charge in [0.25, 0.3) is 0 Å². The van der Waals surface area contributed by atoms with Crippen molar-refractivity contribution in [3.8, 4) is 0 Å². The van der Waals surface area contributed by atoms with E-state index in [9.17, 15) is 22.0 Å². The van der Waals surface area contributed by atoms with Crippen LogP contribution in [0.25, 0.3) is 5.70 Å². The number of alkyl halides is 3. The SMILES string of the molecule is C=C(NC(C)=N/C=C(\N=C/C)Nc1ccc(NCC)cc1N=C(C)C(F)(F)F)c1c(F)cccc1F. The molecule has 0 saturated carbocycles. The third-order valence-corrected chi connectivity index (χ3v) is 4.58. The Morgan fingerprint density at radius 3 is 2.33 bits per heavy atom. The van der Waals surface area contributed by atoms with E-state index < -0.39 is 23.5 Å². The zero-order valence-corrected chi connectivity index (χ0v) is 20.3. The standard InChI is InChI=1S/C25H27F5N6/c1-6-31-18-11-12-21(22(13-18)35-16(4)25(28,29)30)36-23(32-7-2)14-33-17(5)34-15(3)24-19(26)9-8-10-20(24)27/h7-14,31,36H,3,6H2,1-2,4-5H3,(H,33,34)/b23-14+,32-7-,35-16?. The number of hydrogen-bond acceptors (Lipinski definition) is 5. The van der Waals surface area contributed by atoms with Crippen LogP contribution in [0.15, 0.2) is 70.0 Å². The Labute approximate surface area is 206 Å². The van der Waals surface area contributed by atoms with Crippen molar-refractivity contribution in [1.82, 2.24) is 5.32 Å². The number of nitrogens with zero attached hydrogens (tertiary/aromatic N) is 3. The first-order valence-electron chi connectivity index (χ1n) is 10.9. The summed E-state index contributed by atoms with van der Waals surface area (Å²) in [4.78, 5) is 12.1. The van der Waals surface area contributed by atoms with Gasteiger partial charge in [-0.2, -0.15) is 13.2 Å². The smallest absolute Gasteiger partial charge is 0.385 e. The van der Waals surface area contributed by atoms with Gasteiger partial charge in [-0.25, -0.2) is 23.8 Å². The molecule has 0 bridgehead atoms. The first kappa shape index (κ1) is 28.2. The lowest BCUT2D eigenvalue weighted by Gasteiger charge is -2.14. The highest BCUT2D eigenvalue weighted by molar-refractivity contribution is 5.92. The predicted molar refractivity (Wildman–Crippen MR) is 137 cm³/mol. The lowest BCUT2D eigenvalue weighted by molar-refractivity contribution is -0.0591. The Hall–Kier alpha value is -4.02. The summed E-state index contributed by atoms with van der Waals surface area (Å²) in [5.74, 6) is -1.14. The lowest BCUT2D eigenvalue weighted by Crippen LogP contribution is -2.19. The topological polar surface area (TPSA) is 73.2 Å². The fraction of sp³-hybridized carbons (Fsp3) is 0.240. The average molecular weight is 507 g/mol. The molecule has 6 nitrogen and oxygen atoms in total. The van der Waals surface area contributed by atoms with Gasteiger partial charge >= 0.3 is 6.18 Å². The molecule has 2 rings (SSSR count). The molecule has 192 valence electrons. The van der Waals surface area contributed by atoms with Crippen LogP contribution in [0, 0.1) is 11.6 Å². The molecular weight excluding hydrogens is 479 g/mol. The zero-order valence-electron chi connectivity index (χ0n) is 20.3. The number of nitrogens with one attached hydrogen (secondary N) is 3. The van der Waals surface area contributed by atoms with E-state index in [-0.39, 0.29) is 34.3 Å². The maximum absolute atomic E-state index is 14.0. The minimum absolute atomic E-state index is 0.0352. The van der Waals surface area contributed by atoms with E-state index in [1.54, 1.807) is 26.0 Å². The van der Waals surface area contributed by atoms with Crippen molar-refractivity contribution in [2.45, 2.75) is 33.9 Å². The van der Waals surface area contributed by atoms with Crippen LogP contribution < -0.4 is 16.0 Å². The molecular formula is C25H27F5N6. The average Bonchev–Trinajstić information content (AvgIpc) is 2.78. The highest BCUT2D eigenvalue weighted by atomic mass is 19.4. The number of aliphatic imine (C=N–C) groups is 3. The maximum Gasteiger partial charge on any atom is 0.429 e. The molecule has 0 fully saturated rings. The summed E-state index contributed by atoms with van der Waals surface area (Å²) in [6.07, 6.45) is -1.82. The Balaban J connectivity index is 2.35. The van der Waals surface area contributed by atoms with Gasteiger partial charge in [-0.15, -0.1) is 0 Å². The Bertz CT molecular complexity index is 1190. The van der Waals surface area contributed by atoms with Crippen LogP contribution in [0.2, 0.25) is 0 Å². The number of halogens is 5. The fourth-order valence-corrected chi connectivity index (χ4v) is 2.92. The second-order valence-corrected chi connectivity index (χ2v) is 7.40. The van der Waals surface area contributed by atoms with Crippen LogP contribution in [0.1, 0.15) is 33.3 Å². The van der Waals surface area contributed by atoms with E-state index in [4.69, 9.17) is 0 Å². The van der Waals surface area contributed by atoms with Crippen molar-refractivity contribution in [3.05, 3.63) is 72.2 Å². The Kier molecular flexibility index (Phi) is 9.89. The maximum atomic E-state index is 14.0. The summed E-state index contributed by atoms with van der Waals surface area (Å²) in [5, 5.41) is 8.66. The van der Waals surface area contributed by atoms with Crippen molar-refractivity contribution in [3.63, 3.8) is 0 Å². The van der Waals surface area contributed by atoms with Crippen molar-refractivity contribution in [2.24, 2.45) is 15.0 Å². The second-order valence-electron chi connectivity index (χ2n) is 7.40. The van der Waals surface area contributed by atoms with Crippen LogP contribution >= 0.6 is 0 Å². The minimum Gasteiger partial charge on any atom is -0.385 e. The fourth-order valence-electron chi connectivity index (χ4n) is 2.92. The van der Waals surface area contributed by atoms with Crippen molar-refractivity contribution >= 4 is 40.5 Å². The quantitative estimate of drug-likeness (QED) is 0.194. The molecule has 0 aliphatic rings. The second kappa shape index (κ2) is 12.6. The third-order valence-electron chi connectivity index (χ3n) is 4.58. The van der Waals surface area contributed by atoms with E-state index in [1.807, 2.05) is 6.92 Å². The summed E-state index contributed by atoms with van der Waals surface area (Å²) in [5.41, 5.74) is -0.464. The summed E-state index contributed by atoms with van der Waals surface area (Å²) >= 11 is 0. The van der Waals surface area contributed by atoms with Gasteiger partial charge in [-0.1, -0.05) is 12.6 Å². The monoisotopic (exact) mass is 506 g/mol. The highest BCUT2D eigenvalue weighted by Gasteiger charge is 2.32. The van der Waals surface area contributed by atoms with Gasteiger partial charge in [-0.3, -0.25) is 0 Å². The molecule has 0 aliphatic carbocycles. The van der Waals surface area contributed by atoms with E-state index in [0.717, 1.165) is 19.1 Å². The lowest BCUT2D eigenvalue weighted by atomic mass is 10.1. The van der Waals surface area contributed by atoms with E-state index >= 15 is 0 Å². The molecule has 11 heteroatoms. The molecule has 0 heterocycles. The summed E-state index contributed by atoms with van der Waals surface area (Å²) in [6, 6.07) is 8.19. The van der Waals surface area contributed by atoms with Crippen LogP contribution in [0.4, 0.5) is 39.0 Å². The molecule has 36 heavy (non-hydrogen) atoms. The molecule has 0 aliphatic heterocycles. The first-order valence-corrected chi connectivity index (χ1v) is 10.9. The normalized spacial score (nSPS) is 13.2. The van der Waals surface area contributed by atoms with E-state index in [2.05, 4.69) is 37.5 Å². The molecule has 2 aromatic carbocycles. The Morgan fingerprint density at radius 1 is 1.08 bits per heavy atom. The summed E-state index contributed by atoms with van der Waals surface area (Å²) < 4.78 is 67.3. The predicted octanol–water partition coefficient (Wildman–Crippen LogP) is 7.03. The zero-order chi connectivity index (χ0) is 26.9. The van der Waals surface area contributed by atoms with Crippen LogP contribution in [-0.2, 0) is 0 Å². The number of amidine groups is 1. The molecule has 0 spiro atoms. The molecule has 2 aromatic rings. The summed E-state index contributed by atoms with van der Waals surface area (Å²) in [6.45, 7) is 10.2. The molecule has 0 radical (unpaired) electrons. The third kappa shape index (κ3) is 8.03. The number of anilines is 2. The van der Waals surface area contributed by atoms with Gasteiger partial charge in [0.15, 0.2) is 0 Å². The Morgan fingerprint density at radius 2 is 1.75 bits per heavy atom. The van der Waals surface area contributed by atoms with Gasteiger partial charge < -0.3 is 16.0 Å². The van der Waals surface area contributed by atoms with Crippen LogP contribution in [0.3, 0.4) is 0 Å². The van der Waals surface area contributed by atoms with Crippen LogP contribution in [-0.4, -0.2) is 30.5 Å². The van der Waals surface area contributed by atoms with E-state index in [1.165, 1.54) is 24.5 Å². The molecule has 0 amide bonds. The molecule has 0 aromatic heterocycles.